The Kier molecular flexibility index (Phi) is 4.28. The average Bonchev–Trinajstić information content (AvgIpc) is 2.40. The lowest BCUT2D eigenvalue weighted by atomic mass is 9.99. The van der Waals surface area contributed by atoms with E-state index in [0.29, 0.717) is 12.6 Å². The summed E-state index contributed by atoms with van der Waals surface area (Å²) in [7, 11) is 0. The van der Waals surface area contributed by atoms with E-state index in [1.807, 2.05) is 6.07 Å². The highest BCUT2D eigenvalue weighted by Crippen LogP contribution is 2.26. The van der Waals surface area contributed by atoms with Gasteiger partial charge >= 0.3 is 0 Å². The number of aliphatic hydroxyl groups excluding tert-OH is 1. The van der Waals surface area contributed by atoms with Gasteiger partial charge < -0.3 is 15.7 Å². The maximum Gasteiger partial charge on any atom is 0.156 e. The Bertz CT molecular complexity index is 356. The van der Waals surface area contributed by atoms with Crippen molar-refractivity contribution in [1.29, 1.82) is 0 Å². The summed E-state index contributed by atoms with van der Waals surface area (Å²) in [6, 6.07) is 2.29. The van der Waals surface area contributed by atoms with E-state index in [1.165, 1.54) is 12.8 Å². The van der Waals surface area contributed by atoms with Crippen molar-refractivity contribution in [2.75, 3.05) is 18.1 Å². The SMILES string of the molecule is NCc1ccnnc1N1CCCCC1CCO. The molecule has 5 heteroatoms. The van der Waals surface area contributed by atoms with Crippen molar-refractivity contribution < 1.29 is 5.11 Å². The number of anilines is 1. The fraction of sp³-hybridized carbons (Fsp3) is 0.667. The predicted molar refractivity (Wildman–Crippen MR) is 66.6 cm³/mol. The van der Waals surface area contributed by atoms with E-state index in [9.17, 15) is 0 Å². The van der Waals surface area contributed by atoms with Crippen molar-refractivity contribution in [3.8, 4) is 0 Å². The molecular formula is C12H20N4O. The highest BCUT2D eigenvalue weighted by atomic mass is 16.3. The van der Waals surface area contributed by atoms with Gasteiger partial charge in [0.1, 0.15) is 0 Å². The van der Waals surface area contributed by atoms with Crippen LogP contribution >= 0.6 is 0 Å². The van der Waals surface area contributed by atoms with Crippen LogP contribution in [0.1, 0.15) is 31.2 Å². The largest absolute Gasteiger partial charge is 0.396 e. The van der Waals surface area contributed by atoms with Gasteiger partial charge in [-0.15, -0.1) is 5.10 Å². The quantitative estimate of drug-likeness (QED) is 0.804. The van der Waals surface area contributed by atoms with Gasteiger partial charge in [-0.1, -0.05) is 0 Å². The molecule has 0 saturated carbocycles. The average molecular weight is 236 g/mol. The van der Waals surface area contributed by atoms with Crippen molar-refractivity contribution in [3.05, 3.63) is 17.8 Å². The first kappa shape index (κ1) is 12.3. The van der Waals surface area contributed by atoms with E-state index in [2.05, 4.69) is 15.1 Å². The summed E-state index contributed by atoms with van der Waals surface area (Å²) >= 11 is 0. The summed E-state index contributed by atoms with van der Waals surface area (Å²) in [4.78, 5) is 2.26. The second-order valence-corrected chi connectivity index (χ2v) is 4.44. The highest BCUT2D eigenvalue weighted by Gasteiger charge is 2.24. The molecule has 1 aliphatic rings. The molecule has 1 saturated heterocycles. The topological polar surface area (TPSA) is 75.3 Å². The molecule has 1 aliphatic heterocycles. The first-order valence-corrected chi connectivity index (χ1v) is 6.25. The zero-order chi connectivity index (χ0) is 12.1. The zero-order valence-electron chi connectivity index (χ0n) is 10.0. The molecule has 1 fully saturated rings. The Labute approximate surface area is 102 Å². The summed E-state index contributed by atoms with van der Waals surface area (Å²) in [6.45, 7) is 1.68. The van der Waals surface area contributed by atoms with E-state index in [0.717, 1.165) is 30.8 Å². The molecule has 2 rings (SSSR count). The third-order valence-corrected chi connectivity index (χ3v) is 3.36. The second kappa shape index (κ2) is 5.93. The van der Waals surface area contributed by atoms with Crippen molar-refractivity contribution in [2.24, 2.45) is 5.73 Å². The number of hydrogen-bond donors (Lipinski definition) is 2. The van der Waals surface area contributed by atoms with Gasteiger partial charge in [-0.25, -0.2) is 0 Å². The van der Waals surface area contributed by atoms with E-state index in [-0.39, 0.29) is 6.61 Å². The van der Waals surface area contributed by atoms with Crippen LogP contribution in [0.5, 0.6) is 0 Å². The van der Waals surface area contributed by atoms with Gasteiger partial charge in [-0.2, -0.15) is 5.10 Å². The second-order valence-electron chi connectivity index (χ2n) is 4.44. The first-order valence-electron chi connectivity index (χ1n) is 6.25. The van der Waals surface area contributed by atoms with Crippen LogP contribution in [-0.4, -0.2) is 34.5 Å². The molecule has 3 N–H and O–H groups in total. The molecule has 5 nitrogen and oxygen atoms in total. The first-order chi connectivity index (χ1) is 8.36. The lowest BCUT2D eigenvalue weighted by Gasteiger charge is -2.37. The Hall–Kier alpha value is -1.20. The Morgan fingerprint density at radius 3 is 3.12 bits per heavy atom. The number of nitrogens with zero attached hydrogens (tertiary/aromatic N) is 3. The van der Waals surface area contributed by atoms with Gasteiger partial charge in [0.2, 0.25) is 0 Å². The normalized spacial score (nSPS) is 20.6. The molecule has 1 aromatic heterocycles. The van der Waals surface area contributed by atoms with E-state index in [4.69, 9.17) is 10.8 Å². The van der Waals surface area contributed by atoms with Gasteiger partial charge in [0.05, 0.1) is 6.20 Å². The highest BCUT2D eigenvalue weighted by molar-refractivity contribution is 5.46. The summed E-state index contributed by atoms with van der Waals surface area (Å²) in [5.74, 6) is 0.896. The lowest BCUT2D eigenvalue weighted by Crippen LogP contribution is -2.41. The van der Waals surface area contributed by atoms with Crippen LogP contribution in [0.4, 0.5) is 5.82 Å². The molecule has 17 heavy (non-hydrogen) atoms. The fourth-order valence-electron chi connectivity index (χ4n) is 2.48. The fourth-order valence-corrected chi connectivity index (χ4v) is 2.48. The summed E-state index contributed by atoms with van der Waals surface area (Å²) < 4.78 is 0. The third-order valence-electron chi connectivity index (χ3n) is 3.36. The molecular weight excluding hydrogens is 216 g/mol. The number of aliphatic hydroxyl groups is 1. The molecule has 0 amide bonds. The van der Waals surface area contributed by atoms with Crippen LogP contribution in [0.25, 0.3) is 0 Å². The molecule has 0 spiro atoms. The van der Waals surface area contributed by atoms with Crippen molar-refractivity contribution in [3.63, 3.8) is 0 Å². The minimum Gasteiger partial charge on any atom is -0.396 e. The summed E-state index contributed by atoms with van der Waals surface area (Å²) in [5, 5.41) is 17.3. The predicted octanol–water partition coefficient (Wildman–Crippen LogP) is 0.677. The van der Waals surface area contributed by atoms with E-state index < -0.39 is 0 Å². The maximum atomic E-state index is 9.12. The van der Waals surface area contributed by atoms with Crippen LogP contribution in [-0.2, 0) is 6.54 Å². The summed E-state index contributed by atoms with van der Waals surface area (Å²) in [5.41, 5.74) is 6.77. The Morgan fingerprint density at radius 1 is 1.47 bits per heavy atom. The molecule has 0 aromatic carbocycles. The standard InChI is InChI=1S/C12H20N4O/c13-9-10-4-6-14-15-12(10)16-7-2-1-3-11(16)5-8-17/h4,6,11,17H,1-3,5,7-9,13H2. The number of rotatable bonds is 4. The molecule has 94 valence electrons. The van der Waals surface area contributed by atoms with Gasteiger partial charge in [0.15, 0.2) is 5.82 Å². The van der Waals surface area contributed by atoms with Gasteiger partial charge in [-0.05, 0) is 31.7 Å². The number of aromatic nitrogens is 2. The minimum atomic E-state index is 0.222. The van der Waals surface area contributed by atoms with Crippen LogP contribution in [0, 0.1) is 0 Å². The smallest absolute Gasteiger partial charge is 0.156 e. The number of hydrogen-bond acceptors (Lipinski definition) is 5. The molecule has 1 aromatic rings. The molecule has 0 aliphatic carbocycles. The van der Waals surface area contributed by atoms with Crippen molar-refractivity contribution >= 4 is 5.82 Å². The lowest BCUT2D eigenvalue weighted by molar-refractivity contribution is 0.262. The summed E-state index contributed by atoms with van der Waals surface area (Å²) in [6.07, 6.45) is 5.97. The monoisotopic (exact) mass is 236 g/mol. The molecule has 1 unspecified atom stereocenters. The number of nitrogens with two attached hydrogens (primary N) is 1. The van der Waals surface area contributed by atoms with Crippen molar-refractivity contribution in [2.45, 2.75) is 38.3 Å². The molecule has 0 bridgehead atoms. The van der Waals surface area contributed by atoms with Gasteiger partial charge in [0.25, 0.3) is 0 Å². The molecule has 1 atom stereocenters. The van der Waals surface area contributed by atoms with Crippen LogP contribution < -0.4 is 10.6 Å². The Morgan fingerprint density at radius 2 is 2.35 bits per heavy atom. The molecule has 2 heterocycles. The molecule has 0 radical (unpaired) electrons. The number of piperidine rings is 1. The van der Waals surface area contributed by atoms with Crippen molar-refractivity contribution in [1.82, 2.24) is 10.2 Å². The van der Waals surface area contributed by atoms with Crippen LogP contribution in [0.3, 0.4) is 0 Å². The third kappa shape index (κ3) is 2.73. The van der Waals surface area contributed by atoms with Gasteiger partial charge in [0, 0.05) is 31.3 Å². The van der Waals surface area contributed by atoms with E-state index >= 15 is 0 Å². The maximum absolute atomic E-state index is 9.12. The minimum absolute atomic E-state index is 0.222. The zero-order valence-corrected chi connectivity index (χ0v) is 10.0. The Balaban J connectivity index is 2.22. The van der Waals surface area contributed by atoms with Gasteiger partial charge in [-0.3, -0.25) is 0 Å². The van der Waals surface area contributed by atoms with E-state index in [1.54, 1.807) is 6.20 Å². The van der Waals surface area contributed by atoms with Crippen LogP contribution in [0.2, 0.25) is 0 Å². The van der Waals surface area contributed by atoms with Crippen LogP contribution in [0.15, 0.2) is 12.3 Å².